The molecule has 3 aliphatic rings. The number of amides is 1. The van der Waals surface area contributed by atoms with Crippen LogP contribution in [0.25, 0.3) is 0 Å². The number of carbonyl (C=O) groups is 3. The molecule has 6 nitrogen and oxygen atoms in total. The van der Waals surface area contributed by atoms with Gasteiger partial charge in [0.15, 0.2) is 0 Å². The van der Waals surface area contributed by atoms with Gasteiger partial charge in [0, 0.05) is 18.4 Å². The first-order valence-electron chi connectivity index (χ1n) is 8.76. The Morgan fingerprint density at radius 2 is 1.92 bits per heavy atom. The van der Waals surface area contributed by atoms with E-state index in [1.165, 1.54) is 0 Å². The Morgan fingerprint density at radius 1 is 1.16 bits per heavy atom. The van der Waals surface area contributed by atoms with E-state index in [1.54, 1.807) is 6.92 Å². The SMILES string of the molecule is CCOC(=O)[C@@H]1[C@@H](NC(=O)OCc2ccccc2)[C@@H]2CC[C@H]1C(=O)C2. The topological polar surface area (TPSA) is 81.7 Å². The maximum Gasteiger partial charge on any atom is 0.407 e. The number of esters is 1. The van der Waals surface area contributed by atoms with Gasteiger partial charge >= 0.3 is 12.1 Å². The predicted molar refractivity (Wildman–Crippen MR) is 89.5 cm³/mol. The Labute approximate surface area is 146 Å². The van der Waals surface area contributed by atoms with Crippen LogP contribution in [0.5, 0.6) is 0 Å². The van der Waals surface area contributed by atoms with Crippen molar-refractivity contribution in [3.63, 3.8) is 0 Å². The summed E-state index contributed by atoms with van der Waals surface area (Å²) >= 11 is 0. The van der Waals surface area contributed by atoms with Gasteiger partial charge in [0.2, 0.25) is 0 Å². The fraction of sp³-hybridized carbons (Fsp3) is 0.526. The van der Waals surface area contributed by atoms with Crippen LogP contribution in [-0.2, 0) is 25.7 Å². The van der Waals surface area contributed by atoms with Gasteiger partial charge in [0.1, 0.15) is 12.4 Å². The number of alkyl carbamates (subject to hydrolysis) is 1. The summed E-state index contributed by atoms with van der Waals surface area (Å²) in [6.45, 7) is 2.15. The normalized spacial score (nSPS) is 27.6. The van der Waals surface area contributed by atoms with Crippen LogP contribution in [0.3, 0.4) is 0 Å². The third kappa shape index (κ3) is 3.83. The van der Waals surface area contributed by atoms with Crippen molar-refractivity contribution in [1.29, 1.82) is 0 Å². The van der Waals surface area contributed by atoms with Crippen molar-refractivity contribution in [3.05, 3.63) is 35.9 Å². The largest absolute Gasteiger partial charge is 0.466 e. The third-order valence-electron chi connectivity index (χ3n) is 5.11. The van der Waals surface area contributed by atoms with Gasteiger partial charge in [-0.15, -0.1) is 0 Å². The first-order valence-corrected chi connectivity index (χ1v) is 8.76. The van der Waals surface area contributed by atoms with Crippen molar-refractivity contribution >= 4 is 17.8 Å². The summed E-state index contributed by atoms with van der Waals surface area (Å²) in [4.78, 5) is 36.7. The molecule has 2 bridgehead atoms. The monoisotopic (exact) mass is 345 g/mol. The summed E-state index contributed by atoms with van der Waals surface area (Å²) in [7, 11) is 0. The average molecular weight is 345 g/mol. The van der Waals surface area contributed by atoms with E-state index in [2.05, 4.69) is 5.32 Å². The minimum atomic E-state index is -0.607. The summed E-state index contributed by atoms with van der Waals surface area (Å²) in [5.74, 6) is -1.30. The molecule has 1 N–H and O–H groups in total. The van der Waals surface area contributed by atoms with Crippen LogP contribution in [0.2, 0.25) is 0 Å². The molecule has 25 heavy (non-hydrogen) atoms. The summed E-state index contributed by atoms with van der Waals surface area (Å²) in [6.07, 6.45) is 1.35. The van der Waals surface area contributed by atoms with Gasteiger partial charge in [-0.2, -0.15) is 0 Å². The van der Waals surface area contributed by atoms with Crippen LogP contribution in [-0.4, -0.2) is 30.5 Å². The molecule has 3 aliphatic carbocycles. The molecular formula is C19H23NO5. The highest BCUT2D eigenvalue weighted by Crippen LogP contribution is 2.43. The van der Waals surface area contributed by atoms with E-state index >= 15 is 0 Å². The molecular weight excluding hydrogens is 322 g/mol. The Hall–Kier alpha value is -2.37. The maximum absolute atomic E-state index is 12.3. The van der Waals surface area contributed by atoms with E-state index in [-0.39, 0.29) is 30.8 Å². The molecule has 0 heterocycles. The zero-order valence-corrected chi connectivity index (χ0v) is 14.3. The molecule has 134 valence electrons. The fourth-order valence-corrected chi connectivity index (χ4v) is 3.95. The molecule has 3 saturated carbocycles. The Morgan fingerprint density at radius 3 is 2.60 bits per heavy atom. The summed E-state index contributed by atoms with van der Waals surface area (Å²) in [5.41, 5.74) is 0.889. The van der Waals surface area contributed by atoms with Gasteiger partial charge in [-0.1, -0.05) is 30.3 Å². The van der Waals surface area contributed by atoms with Crippen molar-refractivity contribution in [3.8, 4) is 0 Å². The lowest BCUT2D eigenvalue weighted by Crippen LogP contribution is -2.59. The van der Waals surface area contributed by atoms with Crippen molar-refractivity contribution in [2.75, 3.05) is 6.61 Å². The second kappa shape index (κ2) is 7.68. The summed E-state index contributed by atoms with van der Waals surface area (Å²) < 4.78 is 10.4. The van der Waals surface area contributed by atoms with Crippen LogP contribution < -0.4 is 5.32 Å². The van der Waals surface area contributed by atoms with Crippen LogP contribution in [0.4, 0.5) is 4.79 Å². The van der Waals surface area contributed by atoms with Crippen LogP contribution >= 0.6 is 0 Å². The van der Waals surface area contributed by atoms with Crippen molar-refractivity contribution in [1.82, 2.24) is 5.32 Å². The minimum Gasteiger partial charge on any atom is -0.466 e. The van der Waals surface area contributed by atoms with Gasteiger partial charge < -0.3 is 14.8 Å². The standard InChI is InChI=1S/C19H23NO5/c1-2-24-18(22)16-14-9-8-13(10-15(14)21)17(16)20-19(23)25-11-12-6-4-3-5-7-12/h3-7,13-14,16-17H,2,8-11H2,1H3,(H,20,23)/t13-,14+,16+,17+/m1/s1. The average Bonchev–Trinajstić information content (AvgIpc) is 2.62. The molecule has 0 spiro atoms. The number of nitrogens with one attached hydrogen (secondary N) is 1. The van der Waals surface area contributed by atoms with E-state index < -0.39 is 24.0 Å². The number of ether oxygens (including phenoxy) is 2. The molecule has 0 aliphatic heterocycles. The van der Waals surface area contributed by atoms with Crippen molar-refractivity contribution in [2.45, 2.75) is 38.8 Å². The minimum absolute atomic E-state index is 0.0313. The van der Waals surface area contributed by atoms with E-state index in [0.29, 0.717) is 12.8 Å². The van der Waals surface area contributed by atoms with Gasteiger partial charge in [-0.3, -0.25) is 9.59 Å². The quantitative estimate of drug-likeness (QED) is 0.829. The van der Waals surface area contributed by atoms with Crippen LogP contribution in [0, 0.1) is 17.8 Å². The number of carbonyl (C=O) groups excluding carboxylic acids is 3. The Bertz CT molecular complexity index is 644. The highest BCUT2D eigenvalue weighted by Gasteiger charge is 2.52. The van der Waals surface area contributed by atoms with Gasteiger partial charge in [-0.25, -0.2) is 4.79 Å². The van der Waals surface area contributed by atoms with Crippen LogP contribution in [0.15, 0.2) is 30.3 Å². The van der Waals surface area contributed by atoms with Crippen LogP contribution in [0.1, 0.15) is 31.7 Å². The molecule has 1 aromatic rings. The Balaban J connectivity index is 1.65. The number of hydrogen-bond acceptors (Lipinski definition) is 5. The summed E-state index contributed by atoms with van der Waals surface area (Å²) in [6, 6.07) is 8.98. The zero-order valence-electron chi connectivity index (χ0n) is 14.3. The smallest absolute Gasteiger partial charge is 0.407 e. The predicted octanol–water partition coefficient (Wildman–Crippen LogP) is 2.46. The number of fused-ring (bicyclic) bond motifs is 3. The molecule has 1 aromatic carbocycles. The second-order valence-corrected chi connectivity index (χ2v) is 6.62. The van der Waals surface area contributed by atoms with E-state index in [0.717, 1.165) is 12.0 Å². The Kier molecular flexibility index (Phi) is 5.36. The molecule has 4 atom stereocenters. The maximum atomic E-state index is 12.3. The fourth-order valence-electron chi connectivity index (χ4n) is 3.95. The molecule has 0 saturated heterocycles. The highest BCUT2D eigenvalue weighted by molar-refractivity contribution is 5.90. The molecule has 1 amide bonds. The number of rotatable bonds is 5. The molecule has 4 rings (SSSR count). The molecule has 0 aromatic heterocycles. The van der Waals surface area contributed by atoms with Gasteiger partial charge in [0.25, 0.3) is 0 Å². The first-order chi connectivity index (χ1) is 12.1. The molecule has 0 radical (unpaired) electrons. The lowest BCUT2D eigenvalue weighted by atomic mass is 9.61. The molecule has 3 fully saturated rings. The number of hydrogen-bond donors (Lipinski definition) is 1. The number of benzene rings is 1. The van der Waals surface area contributed by atoms with Gasteiger partial charge in [0.05, 0.1) is 12.5 Å². The summed E-state index contributed by atoms with van der Waals surface area (Å²) in [5, 5.41) is 2.82. The molecule has 6 heteroatoms. The van der Waals surface area contributed by atoms with E-state index in [4.69, 9.17) is 9.47 Å². The third-order valence-corrected chi connectivity index (χ3v) is 5.11. The van der Waals surface area contributed by atoms with E-state index in [9.17, 15) is 14.4 Å². The lowest BCUT2D eigenvalue weighted by molar-refractivity contribution is -0.160. The molecule has 0 unspecified atom stereocenters. The van der Waals surface area contributed by atoms with Crippen molar-refractivity contribution in [2.24, 2.45) is 17.8 Å². The second-order valence-electron chi connectivity index (χ2n) is 6.62. The van der Waals surface area contributed by atoms with E-state index in [1.807, 2.05) is 30.3 Å². The van der Waals surface area contributed by atoms with Crippen molar-refractivity contribution < 1.29 is 23.9 Å². The number of Topliss-reactive ketones (excluding diaryl/α,β-unsaturated/α-hetero) is 1. The highest BCUT2D eigenvalue weighted by atomic mass is 16.5. The lowest BCUT2D eigenvalue weighted by Gasteiger charge is -2.46. The van der Waals surface area contributed by atoms with Gasteiger partial charge in [-0.05, 0) is 31.2 Å². The number of ketones is 1. The zero-order chi connectivity index (χ0) is 17.8. The first kappa shape index (κ1) is 17.5.